The van der Waals surface area contributed by atoms with Crippen molar-refractivity contribution in [2.24, 2.45) is 52.3 Å². The van der Waals surface area contributed by atoms with Crippen molar-refractivity contribution in [1.29, 1.82) is 0 Å². The van der Waals surface area contributed by atoms with Gasteiger partial charge in [0.15, 0.2) is 0 Å². The highest BCUT2D eigenvalue weighted by Gasteiger charge is 2.50. The molecule has 4 saturated carbocycles. The SMILES string of the molecule is CCCCN=C(/C=C/C1=C(c2ccc(OCCCC)cc2)C(=C/C=C2\C3CCCC4CCCC(C43)N2CCCC)/CC(C)C1)C1CCCC2CCCC(C)C21. The molecule has 0 bridgehead atoms. The minimum Gasteiger partial charge on any atom is -0.494 e. The third-order valence-electron chi connectivity index (χ3n) is 15.3. The maximum absolute atomic E-state index is 6.17. The third kappa shape index (κ3) is 9.44. The van der Waals surface area contributed by atoms with Gasteiger partial charge in [0.05, 0.1) is 6.61 Å². The standard InChI is InChI=1S/C52H78N2O/c1-6-9-32-53-47(45-21-13-18-39-17-12-16-38(5)50(39)45)30-26-42-35-37(4)36-43(51(42)41-24-28-44(29-25-41)55-34-11-8-3)27-31-48-46-22-14-19-40-20-15-23-49(52(40)46)54(48)33-10-7-2/h24-31,37-40,45-46,49-50,52H,6-23,32-36H2,1-5H3/b30-26+,43-27+,48-31+,53-47?. The molecule has 1 aromatic rings. The van der Waals surface area contributed by atoms with Crippen LogP contribution in [0.5, 0.6) is 5.75 Å². The van der Waals surface area contributed by atoms with Crippen molar-refractivity contribution in [2.45, 2.75) is 169 Å². The van der Waals surface area contributed by atoms with Crippen molar-refractivity contribution in [1.82, 2.24) is 4.90 Å². The summed E-state index contributed by atoms with van der Waals surface area (Å²) in [6.07, 6.45) is 36.8. The predicted octanol–water partition coefficient (Wildman–Crippen LogP) is 14.2. The summed E-state index contributed by atoms with van der Waals surface area (Å²) < 4.78 is 6.17. The van der Waals surface area contributed by atoms with Gasteiger partial charge in [-0.15, -0.1) is 0 Å². The summed E-state index contributed by atoms with van der Waals surface area (Å²) in [5.41, 5.74) is 8.98. The molecule has 55 heavy (non-hydrogen) atoms. The van der Waals surface area contributed by atoms with Crippen LogP contribution in [0.2, 0.25) is 0 Å². The Balaban J connectivity index is 1.28. The van der Waals surface area contributed by atoms with Gasteiger partial charge in [-0.3, -0.25) is 4.99 Å². The maximum Gasteiger partial charge on any atom is 0.119 e. The van der Waals surface area contributed by atoms with E-state index in [1.807, 2.05) is 0 Å². The molecule has 1 heterocycles. The second-order valence-corrected chi connectivity index (χ2v) is 19.1. The van der Waals surface area contributed by atoms with E-state index < -0.39 is 0 Å². The van der Waals surface area contributed by atoms with Gasteiger partial charge in [0.25, 0.3) is 0 Å². The fourth-order valence-corrected chi connectivity index (χ4v) is 12.7. The first-order valence-electron chi connectivity index (χ1n) is 23.9. The van der Waals surface area contributed by atoms with E-state index in [9.17, 15) is 0 Å². The van der Waals surface area contributed by atoms with Gasteiger partial charge < -0.3 is 9.64 Å². The molecule has 0 aromatic heterocycles. The molecule has 0 N–H and O–H groups in total. The summed E-state index contributed by atoms with van der Waals surface area (Å²) in [6.45, 7) is 15.0. The molecule has 7 rings (SSSR count). The van der Waals surface area contributed by atoms with Crippen molar-refractivity contribution in [3.63, 3.8) is 0 Å². The lowest BCUT2D eigenvalue weighted by Gasteiger charge is -2.45. The molecule has 1 aliphatic heterocycles. The summed E-state index contributed by atoms with van der Waals surface area (Å²) in [7, 11) is 0. The van der Waals surface area contributed by atoms with Gasteiger partial charge in [-0.1, -0.05) is 136 Å². The highest BCUT2D eigenvalue weighted by Crippen LogP contribution is 2.55. The molecule has 1 aromatic carbocycles. The van der Waals surface area contributed by atoms with E-state index >= 15 is 0 Å². The fourth-order valence-electron chi connectivity index (χ4n) is 12.7. The number of aliphatic imine (C=N–C) groups is 1. The van der Waals surface area contributed by atoms with Gasteiger partial charge >= 0.3 is 0 Å². The lowest BCUT2D eigenvalue weighted by atomic mass is 9.60. The van der Waals surface area contributed by atoms with E-state index in [2.05, 4.69) is 88.1 Å². The van der Waals surface area contributed by atoms with E-state index in [0.29, 0.717) is 11.8 Å². The van der Waals surface area contributed by atoms with E-state index in [1.54, 1.807) is 5.70 Å². The Morgan fingerprint density at radius 2 is 1.47 bits per heavy atom. The number of fused-ring (bicyclic) bond motifs is 1. The van der Waals surface area contributed by atoms with E-state index in [0.717, 1.165) is 86.1 Å². The summed E-state index contributed by atoms with van der Waals surface area (Å²) in [5.74, 6) is 7.34. The van der Waals surface area contributed by atoms with Crippen LogP contribution in [0.4, 0.5) is 0 Å². The fraction of sp³-hybridized carbons (Fsp3) is 0.712. The molecule has 302 valence electrons. The Bertz CT molecular complexity index is 1540. The largest absolute Gasteiger partial charge is 0.494 e. The number of ether oxygens (including phenoxy) is 1. The molecule has 1 saturated heterocycles. The summed E-state index contributed by atoms with van der Waals surface area (Å²) in [4.78, 5) is 8.42. The molecular weight excluding hydrogens is 669 g/mol. The Morgan fingerprint density at radius 1 is 0.764 bits per heavy atom. The number of hydrogen-bond donors (Lipinski definition) is 0. The zero-order valence-corrected chi connectivity index (χ0v) is 35.9. The Labute approximate surface area is 337 Å². The Kier molecular flexibility index (Phi) is 14.6. The number of hydrogen-bond acceptors (Lipinski definition) is 3. The number of nitrogens with zero attached hydrogens (tertiary/aromatic N) is 2. The molecule has 6 aliphatic rings. The van der Waals surface area contributed by atoms with Crippen LogP contribution in [-0.2, 0) is 0 Å². The Morgan fingerprint density at radius 3 is 2.24 bits per heavy atom. The van der Waals surface area contributed by atoms with Gasteiger partial charge in [0.1, 0.15) is 5.75 Å². The molecule has 9 atom stereocenters. The quantitative estimate of drug-likeness (QED) is 0.132. The normalized spacial score (nSPS) is 34.1. The van der Waals surface area contributed by atoms with Gasteiger partial charge in [-0.2, -0.15) is 0 Å². The number of unbranched alkanes of at least 4 members (excludes halogenated alkanes) is 3. The molecule has 3 heteroatoms. The highest BCUT2D eigenvalue weighted by atomic mass is 16.5. The van der Waals surface area contributed by atoms with Crippen LogP contribution >= 0.6 is 0 Å². The molecule has 5 fully saturated rings. The lowest BCUT2D eigenvalue weighted by molar-refractivity contribution is 0.0867. The van der Waals surface area contributed by atoms with Crippen molar-refractivity contribution in [3.05, 3.63) is 71.0 Å². The van der Waals surface area contributed by atoms with Crippen LogP contribution < -0.4 is 4.74 Å². The number of likely N-dealkylation sites (tertiary alicyclic amines) is 1. The molecular formula is C52H78N2O. The van der Waals surface area contributed by atoms with Crippen LogP contribution in [0.1, 0.15) is 169 Å². The van der Waals surface area contributed by atoms with Gasteiger partial charge in [0, 0.05) is 42.4 Å². The average molecular weight is 747 g/mol. The number of allylic oxidation sites excluding steroid dienone is 8. The molecule has 0 radical (unpaired) electrons. The first kappa shape index (κ1) is 40.6. The Hall–Kier alpha value is -2.55. The second-order valence-electron chi connectivity index (χ2n) is 19.1. The van der Waals surface area contributed by atoms with E-state index in [1.165, 1.54) is 137 Å². The van der Waals surface area contributed by atoms with Crippen molar-refractivity contribution in [3.8, 4) is 5.75 Å². The zero-order chi connectivity index (χ0) is 38.1. The average Bonchev–Trinajstić information content (AvgIpc) is 3.51. The van der Waals surface area contributed by atoms with Crippen LogP contribution in [-0.4, -0.2) is 36.3 Å². The summed E-state index contributed by atoms with van der Waals surface area (Å²) >= 11 is 0. The van der Waals surface area contributed by atoms with Crippen LogP contribution in [0, 0.1) is 47.3 Å². The number of rotatable bonds is 15. The summed E-state index contributed by atoms with van der Waals surface area (Å²) in [6, 6.07) is 9.95. The van der Waals surface area contributed by atoms with Crippen LogP contribution in [0.15, 0.2) is 70.4 Å². The molecule has 0 amide bonds. The molecule has 9 unspecified atom stereocenters. The van der Waals surface area contributed by atoms with Crippen molar-refractivity contribution < 1.29 is 4.74 Å². The van der Waals surface area contributed by atoms with E-state index in [-0.39, 0.29) is 0 Å². The monoisotopic (exact) mass is 747 g/mol. The predicted molar refractivity (Wildman–Crippen MR) is 236 cm³/mol. The smallest absolute Gasteiger partial charge is 0.119 e. The van der Waals surface area contributed by atoms with Gasteiger partial charge in [0.2, 0.25) is 0 Å². The summed E-state index contributed by atoms with van der Waals surface area (Å²) in [5, 5.41) is 0. The van der Waals surface area contributed by atoms with Crippen molar-refractivity contribution in [2.75, 3.05) is 19.7 Å². The minimum atomic E-state index is 0.615. The van der Waals surface area contributed by atoms with Gasteiger partial charge in [-0.05, 0) is 133 Å². The number of benzene rings is 1. The van der Waals surface area contributed by atoms with Crippen LogP contribution in [0.3, 0.4) is 0 Å². The van der Waals surface area contributed by atoms with Crippen LogP contribution in [0.25, 0.3) is 5.57 Å². The molecule has 3 nitrogen and oxygen atoms in total. The zero-order valence-electron chi connectivity index (χ0n) is 35.9. The highest BCUT2D eigenvalue weighted by molar-refractivity contribution is 5.98. The second kappa shape index (κ2) is 19.7. The van der Waals surface area contributed by atoms with Crippen molar-refractivity contribution >= 4 is 11.3 Å². The van der Waals surface area contributed by atoms with E-state index in [4.69, 9.17) is 9.73 Å². The first-order valence-corrected chi connectivity index (χ1v) is 23.9. The van der Waals surface area contributed by atoms with Gasteiger partial charge in [-0.25, -0.2) is 0 Å². The molecule has 0 spiro atoms. The first-order chi connectivity index (χ1) is 27.0. The topological polar surface area (TPSA) is 24.8 Å². The lowest BCUT2D eigenvalue weighted by Crippen LogP contribution is -2.40. The minimum absolute atomic E-state index is 0.615. The molecule has 5 aliphatic carbocycles. The maximum atomic E-state index is 6.17. The third-order valence-corrected chi connectivity index (χ3v) is 15.3.